The molecule has 3 amide bonds. The lowest BCUT2D eigenvalue weighted by Crippen LogP contribution is -2.37. The fraction of sp³-hybridized carbons (Fsp3) is 0.364. The maximum Gasteiger partial charge on any atom is 0.319 e. The van der Waals surface area contributed by atoms with E-state index in [0.717, 1.165) is 5.56 Å². The van der Waals surface area contributed by atoms with Crippen LogP contribution in [0.4, 0.5) is 10.5 Å². The number of nitrogens with one attached hydrogen (secondary N) is 1. The van der Waals surface area contributed by atoms with Gasteiger partial charge in [-0.05, 0) is 36.5 Å². The summed E-state index contributed by atoms with van der Waals surface area (Å²) in [5, 5.41) is 3.05. The third-order valence-electron chi connectivity index (χ3n) is 5.17. The first-order valence-corrected chi connectivity index (χ1v) is 9.63. The van der Waals surface area contributed by atoms with E-state index in [0.29, 0.717) is 30.3 Å². The Hall–Kier alpha value is -2.82. The number of hydrogen-bond acceptors (Lipinski definition) is 2. The SMILES string of the molecule is NC(=O)N(Cc1ccccc1)c1ccccc1C(=O)NCC1CCCCC1. The topological polar surface area (TPSA) is 75.4 Å². The average molecular weight is 365 g/mol. The lowest BCUT2D eigenvalue weighted by atomic mass is 9.89. The summed E-state index contributed by atoms with van der Waals surface area (Å²) in [6, 6.07) is 16.2. The molecule has 0 aromatic heterocycles. The molecule has 1 saturated carbocycles. The van der Waals surface area contributed by atoms with Gasteiger partial charge in [-0.3, -0.25) is 9.69 Å². The second-order valence-corrected chi connectivity index (χ2v) is 7.14. The Morgan fingerprint density at radius 3 is 2.33 bits per heavy atom. The summed E-state index contributed by atoms with van der Waals surface area (Å²) < 4.78 is 0. The Bertz CT molecular complexity index is 770. The lowest BCUT2D eigenvalue weighted by molar-refractivity contribution is 0.0944. The number of amides is 3. The Balaban J connectivity index is 1.76. The molecule has 0 radical (unpaired) electrons. The number of hydrogen-bond donors (Lipinski definition) is 2. The number of para-hydroxylation sites is 1. The first kappa shape index (κ1) is 19.0. The molecule has 1 fully saturated rings. The van der Waals surface area contributed by atoms with Crippen molar-refractivity contribution in [3.63, 3.8) is 0 Å². The highest BCUT2D eigenvalue weighted by Crippen LogP contribution is 2.25. The van der Waals surface area contributed by atoms with Crippen molar-refractivity contribution in [3.05, 3.63) is 65.7 Å². The average Bonchev–Trinajstić information content (AvgIpc) is 2.71. The number of rotatable bonds is 6. The van der Waals surface area contributed by atoms with Crippen LogP contribution in [0, 0.1) is 5.92 Å². The number of nitrogens with two attached hydrogens (primary N) is 1. The van der Waals surface area contributed by atoms with E-state index in [1.54, 1.807) is 18.2 Å². The molecule has 0 saturated heterocycles. The van der Waals surface area contributed by atoms with Crippen LogP contribution in [-0.4, -0.2) is 18.5 Å². The maximum atomic E-state index is 12.8. The van der Waals surface area contributed by atoms with Crippen LogP contribution in [0.1, 0.15) is 48.0 Å². The summed E-state index contributed by atoms with van der Waals surface area (Å²) in [4.78, 5) is 26.3. The lowest BCUT2D eigenvalue weighted by Gasteiger charge is -2.24. The highest BCUT2D eigenvalue weighted by Gasteiger charge is 2.21. The van der Waals surface area contributed by atoms with Gasteiger partial charge in [0.05, 0.1) is 17.8 Å². The molecule has 142 valence electrons. The Morgan fingerprint density at radius 1 is 0.963 bits per heavy atom. The molecule has 0 atom stereocenters. The van der Waals surface area contributed by atoms with Gasteiger partial charge in [0.15, 0.2) is 0 Å². The molecule has 2 aromatic rings. The first-order valence-electron chi connectivity index (χ1n) is 9.63. The summed E-state index contributed by atoms with van der Waals surface area (Å²) in [5.41, 5.74) is 7.60. The van der Waals surface area contributed by atoms with Crippen molar-refractivity contribution in [2.45, 2.75) is 38.6 Å². The number of nitrogens with zero attached hydrogens (tertiary/aromatic N) is 1. The van der Waals surface area contributed by atoms with E-state index < -0.39 is 6.03 Å². The number of carbonyl (C=O) groups is 2. The summed E-state index contributed by atoms with van der Waals surface area (Å²) in [6.45, 7) is 1.01. The number of urea groups is 1. The van der Waals surface area contributed by atoms with Gasteiger partial charge < -0.3 is 11.1 Å². The number of benzene rings is 2. The van der Waals surface area contributed by atoms with Crippen LogP contribution < -0.4 is 16.0 Å². The standard InChI is InChI=1S/C22H27N3O2/c23-22(27)25(16-18-11-5-2-6-12-18)20-14-8-7-13-19(20)21(26)24-15-17-9-3-1-4-10-17/h2,5-8,11-14,17H,1,3-4,9-10,15-16H2,(H2,23,27)(H,24,26). The van der Waals surface area contributed by atoms with Gasteiger partial charge in [0.1, 0.15) is 0 Å². The zero-order chi connectivity index (χ0) is 19.1. The minimum atomic E-state index is -0.577. The Morgan fingerprint density at radius 2 is 1.63 bits per heavy atom. The van der Waals surface area contributed by atoms with E-state index in [-0.39, 0.29) is 5.91 Å². The molecule has 2 aromatic carbocycles. The van der Waals surface area contributed by atoms with Gasteiger partial charge in [0, 0.05) is 6.54 Å². The van der Waals surface area contributed by atoms with Crippen LogP contribution in [0.5, 0.6) is 0 Å². The van der Waals surface area contributed by atoms with Crippen molar-refractivity contribution < 1.29 is 9.59 Å². The molecule has 1 aliphatic carbocycles. The molecule has 3 rings (SSSR count). The fourth-order valence-corrected chi connectivity index (χ4v) is 3.67. The molecule has 0 heterocycles. The van der Waals surface area contributed by atoms with E-state index in [2.05, 4.69) is 5.32 Å². The third-order valence-corrected chi connectivity index (χ3v) is 5.17. The Kier molecular flexibility index (Phi) is 6.47. The van der Waals surface area contributed by atoms with E-state index in [1.807, 2.05) is 36.4 Å². The van der Waals surface area contributed by atoms with Crippen LogP contribution >= 0.6 is 0 Å². The third kappa shape index (κ3) is 5.09. The molecule has 0 bridgehead atoms. The van der Waals surface area contributed by atoms with E-state index in [9.17, 15) is 9.59 Å². The van der Waals surface area contributed by atoms with E-state index >= 15 is 0 Å². The first-order chi connectivity index (χ1) is 13.1. The van der Waals surface area contributed by atoms with Crippen molar-refractivity contribution in [1.82, 2.24) is 5.32 Å². The van der Waals surface area contributed by atoms with Gasteiger partial charge in [0.2, 0.25) is 0 Å². The smallest absolute Gasteiger partial charge is 0.319 e. The summed E-state index contributed by atoms with van der Waals surface area (Å²) in [7, 11) is 0. The molecule has 3 N–H and O–H groups in total. The van der Waals surface area contributed by atoms with Gasteiger partial charge >= 0.3 is 6.03 Å². The monoisotopic (exact) mass is 365 g/mol. The van der Waals surface area contributed by atoms with Crippen molar-refractivity contribution in [1.29, 1.82) is 0 Å². The fourth-order valence-electron chi connectivity index (χ4n) is 3.67. The molecule has 27 heavy (non-hydrogen) atoms. The summed E-state index contributed by atoms with van der Waals surface area (Å²) >= 11 is 0. The van der Waals surface area contributed by atoms with Gasteiger partial charge in [-0.1, -0.05) is 61.7 Å². The van der Waals surface area contributed by atoms with Crippen LogP contribution in [0.3, 0.4) is 0 Å². The van der Waals surface area contributed by atoms with Crippen LogP contribution in [0.2, 0.25) is 0 Å². The van der Waals surface area contributed by atoms with Gasteiger partial charge in [0.25, 0.3) is 5.91 Å². The Labute approximate surface area is 160 Å². The van der Waals surface area contributed by atoms with Crippen molar-refractivity contribution in [3.8, 4) is 0 Å². The zero-order valence-corrected chi connectivity index (χ0v) is 15.6. The molecule has 0 unspecified atom stereocenters. The molecule has 5 nitrogen and oxygen atoms in total. The van der Waals surface area contributed by atoms with Crippen molar-refractivity contribution in [2.75, 3.05) is 11.4 Å². The minimum absolute atomic E-state index is 0.157. The predicted octanol–water partition coefficient (Wildman–Crippen LogP) is 4.08. The molecular weight excluding hydrogens is 338 g/mol. The highest BCUT2D eigenvalue weighted by molar-refractivity contribution is 6.04. The molecule has 0 aliphatic heterocycles. The number of carbonyl (C=O) groups excluding carboxylic acids is 2. The second kappa shape index (κ2) is 9.21. The largest absolute Gasteiger partial charge is 0.352 e. The van der Waals surface area contributed by atoms with Crippen LogP contribution in [0.25, 0.3) is 0 Å². The number of anilines is 1. The van der Waals surface area contributed by atoms with E-state index in [4.69, 9.17) is 5.73 Å². The molecule has 1 aliphatic rings. The quantitative estimate of drug-likeness (QED) is 0.809. The minimum Gasteiger partial charge on any atom is -0.352 e. The summed E-state index contributed by atoms with van der Waals surface area (Å²) in [5.74, 6) is 0.391. The normalized spacial score (nSPS) is 14.5. The highest BCUT2D eigenvalue weighted by atomic mass is 16.2. The predicted molar refractivity (Wildman–Crippen MR) is 108 cm³/mol. The molecule has 0 spiro atoms. The maximum absolute atomic E-state index is 12.8. The van der Waals surface area contributed by atoms with Gasteiger partial charge in [-0.25, -0.2) is 4.79 Å². The van der Waals surface area contributed by atoms with Gasteiger partial charge in [-0.15, -0.1) is 0 Å². The van der Waals surface area contributed by atoms with Crippen molar-refractivity contribution >= 4 is 17.6 Å². The van der Waals surface area contributed by atoms with E-state index in [1.165, 1.54) is 37.0 Å². The second-order valence-electron chi connectivity index (χ2n) is 7.14. The summed E-state index contributed by atoms with van der Waals surface area (Å²) in [6.07, 6.45) is 6.11. The van der Waals surface area contributed by atoms with Crippen LogP contribution in [0.15, 0.2) is 54.6 Å². The number of primary amides is 1. The van der Waals surface area contributed by atoms with Crippen LogP contribution in [-0.2, 0) is 6.54 Å². The van der Waals surface area contributed by atoms with Crippen molar-refractivity contribution in [2.24, 2.45) is 11.7 Å². The molecular formula is C22H27N3O2. The zero-order valence-electron chi connectivity index (χ0n) is 15.6. The molecule has 5 heteroatoms. The van der Waals surface area contributed by atoms with Gasteiger partial charge in [-0.2, -0.15) is 0 Å².